The molecule has 0 radical (unpaired) electrons. The summed E-state index contributed by atoms with van der Waals surface area (Å²) >= 11 is 5.23. The van der Waals surface area contributed by atoms with Crippen LogP contribution in [0.25, 0.3) is 0 Å². The second kappa shape index (κ2) is 7.53. The lowest BCUT2D eigenvalue weighted by atomic mass is 9.97. The largest absolute Gasteiger partial charge is 0.360 e. The van der Waals surface area contributed by atoms with Gasteiger partial charge in [0.25, 0.3) is 0 Å². The Labute approximate surface area is 123 Å². The van der Waals surface area contributed by atoms with Crippen molar-refractivity contribution in [1.82, 2.24) is 5.32 Å². The fourth-order valence-corrected chi connectivity index (χ4v) is 2.81. The van der Waals surface area contributed by atoms with Crippen molar-refractivity contribution in [3.63, 3.8) is 0 Å². The molecule has 1 fully saturated rings. The van der Waals surface area contributed by atoms with E-state index in [4.69, 9.17) is 12.2 Å². The highest BCUT2D eigenvalue weighted by molar-refractivity contribution is 7.80. The lowest BCUT2D eigenvalue weighted by Gasteiger charge is -2.22. The highest BCUT2D eigenvalue weighted by Crippen LogP contribution is 2.18. The minimum absolute atomic E-state index is 0.376. The van der Waals surface area contributed by atoms with Gasteiger partial charge in [0.2, 0.25) is 0 Å². The number of hydrogen-bond acceptors (Lipinski definition) is 1. The van der Waals surface area contributed by atoms with E-state index in [1.807, 2.05) is 0 Å². The molecule has 0 spiro atoms. The number of benzene rings is 1. The van der Waals surface area contributed by atoms with Crippen molar-refractivity contribution in [2.75, 3.05) is 5.32 Å². The Morgan fingerprint density at radius 2 is 1.65 bits per heavy atom. The molecule has 5 heteroatoms. The van der Waals surface area contributed by atoms with E-state index in [0.29, 0.717) is 16.8 Å². The van der Waals surface area contributed by atoms with Crippen LogP contribution in [0.3, 0.4) is 0 Å². The maximum atomic E-state index is 13.1. The van der Waals surface area contributed by atoms with Crippen molar-refractivity contribution < 1.29 is 8.78 Å². The van der Waals surface area contributed by atoms with Gasteiger partial charge in [-0.05, 0) is 37.2 Å². The number of hydrogen-bond donors (Lipinski definition) is 2. The zero-order valence-electron chi connectivity index (χ0n) is 11.4. The molecule has 1 saturated carbocycles. The smallest absolute Gasteiger partial charge is 0.170 e. The molecule has 2 N–H and O–H groups in total. The fourth-order valence-electron chi connectivity index (χ4n) is 2.53. The van der Waals surface area contributed by atoms with Gasteiger partial charge in [-0.15, -0.1) is 0 Å². The lowest BCUT2D eigenvalue weighted by Crippen LogP contribution is -2.38. The Hall–Kier alpha value is -1.23. The highest BCUT2D eigenvalue weighted by Gasteiger charge is 2.12. The average molecular weight is 298 g/mol. The molecule has 1 aliphatic carbocycles. The van der Waals surface area contributed by atoms with Gasteiger partial charge in [0.05, 0.1) is 0 Å². The molecular weight excluding hydrogens is 278 g/mol. The number of halogens is 2. The second-order valence-electron chi connectivity index (χ2n) is 5.27. The van der Waals surface area contributed by atoms with E-state index in [-0.39, 0.29) is 0 Å². The Morgan fingerprint density at radius 1 is 1.00 bits per heavy atom. The SMILES string of the molecule is Fc1ccc(NC(=S)NC2CCCCCCC2)cc1F. The van der Waals surface area contributed by atoms with Gasteiger partial charge in [0.15, 0.2) is 16.7 Å². The molecule has 0 atom stereocenters. The summed E-state index contributed by atoms with van der Waals surface area (Å²) in [5, 5.41) is 6.65. The van der Waals surface area contributed by atoms with Crippen LogP contribution in [0.5, 0.6) is 0 Å². The van der Waals surface area contributed by atoms with E-state index in [1.165, 1.54) is 38.2 Å². The van der Waals surface area contributed by atoms with Crippen molar-refractivity contribution >= 4 is 23.0 Å². The summed E-state index contributed by atoms with van der Waals surface area (Å²) in [5.41, 5.74) is 0.465. The maximum absolute atomic E-state index is 13.1. The van der Waals surface area contributed by atoms with Crippen molar-refractivity contribution in [3.8, 4) is 0 Å². The van der Waals surface area contributed by atoms with E-state index < -0.39 is 11.6 Å². The van der Waals surface area contributed by atoms with Crippen LogP contribution < -0.4 is 10.6 Å². The number of nitrogens with one attached hydrogen (secondary N) is 2. The fraction of sp³-hybridized carbons (Fsp3) is 0.533. The van der Waals surface area contributed by atoms with Gasteiger partial charge in [0, 0.05) is 17.8 Å². The maximum Gasteiger partial charge on any atom is 0.170 e. The van der Waals surface area contributed by atoms with Gasteiger partial charge < -0.3 is 10.6 Å². The summed E-state index contributed by atoms with van der Waals surface area (Å²) in [5.74, 6) is -1.72. The van der Waals surface area contributed by atoms with Gasteiger partial charge >= 0.3 is 0 Å². The Bertz CT molecular complexity index is 457. The van der Waals surface area contributed by atoms with Crippen molar-refractivity contribution in [1.29, 1.82) is 0 Å². The van der Waals surface area contributed by atoms with Gasteiger partial charge in [-0.3, -0.25) is 0 Å². The molecule has 1 aromatic carbocycles. The van der Waals surface area contributed by atoms with Crippen molar-refractivity contribution in [2.45, 2.75) is 51.0 Å². The van der Waals surface area contributed by atoms with E-state index >= 15 is 0 Å². The van der Waals surface area contributed by atoms with Crippen LogP contribution in [0.4, 0.5) is 14.5 Å². The second-order valence-corrected chi connectivity index (χ2v) is 5.68. The minimum atomic E-state index is -0.872. The summed E-state index contributed by atoms with van der Waals surface area (Å²) in [6.45, 7) is 0. The van der Waals surface area contributed by atoms with Crippen LogP contribution in [0, 0.1) is 11.6 Å². The van der Waals surface area contributed by atoms with Crippen LogP contribution in [0.2, 0.25) is 0 Å². The molecule has 1 aliphatic rings. The zero-order valence-corrected chi connectivity index (χ0v) is 12.2. The van der Waals surface area contributed by atoms with Crippen LogP contribution in [-0.2, 0) is 0 Å². The van der Waals surface area contributed by atoms with Gasteiger partial charge in [-0.1, -0.05) is 32.1 Å². The molecule has 0 aromatic heterocycles. The number of rotatable bonds is 2. The molecule has 0 heterocycles. The highest BCUT2D eigenvalue weighted by atomic mass is 32.1. The molecular formula is C15H20F2N2S. The first-order valence-corrected chi connectivity index (χ1v) is 7.58. The van der Waals surface area contributed by atoms with E-state index in [2.05, 4.69) is 10.6 Å². The van der Waals surface area contributed by atoms with Crippen molar-refractivity contribution in [2.24, 2.45) is 0 Å². The third-order valence-electron chi connectivity index (χ3n) is 3.62. The molecule has 0 aliphatic heterocycles. The number of thiocarbonyl (C=S) groups is 1. The summed E-state index contributed by atoms with van der Waals surface area (Å²) in [6.07, 6.45) is 8.53. The quantitative estimate of drug-likeness (QED) is 0.793. The van der Waals surface area contributed by atoms with Crippen LogP contribution in [0.15, 0.2) is 18.2 Å². The predicted octanol–water partition coefficient (Wildman–Crippen LogP) is 4.36. The molecule has 0 amide bonds. The molecule has 1 aromatic rings. The lowest BCUT2D eigenvalue weighted by molar-refractivity contribution is 0.430. The first-order valence-electron chi connectivity index (χ1n) is 7.18. The summed E-state index contributed by atoms with van der Waals surface area (Å²) in [7, 11) is 0. The average Bonchev–Trinajstić information content (AvgIpc) is 2.37. The Morgan fingerprint density at radius 3 is 2.30 bits per heavy atom. The third-order valence-corrected chi connectivity index (χ3v) is 3.84. The summed E-state index contributed by atoms with van der Waals surface area (Å²) in [4.78, 5) is 0. The van der Waals surface area contributed by atoms with Crippen LogP contribution in [0.1, 0.15) is 44.9 Å². The van der Waals surface area contributed by atoms with Gasteiger partial charge in [0.1, 0.15) is 0 Å². The van der Waals surface area contributed by atoms with E-state index in [9.17, 15) is 8.78 Å². The normalized spacial score (nSPS) is 17.1. The summed E-state index contributed by atoms with van der Waals surface area (Å²) in [6, 6.07) is 4.06. The standard InChI is InChI=1S/C15H20F2N2S/c16-13-9-8-12(10-14(13)17)19-15(20)18-11-6-4-2-1-3-5-7-11/h8-11H,1-7H2,(H2,18,19,20). The monoisotopic (exact) mass is 298 g/mol. The molecule has 0 unspecified atom stereocenters. The molecule has 2 rings (SSSR count). The topological polar surface area (TPSA) is 24.1 Å². The summed E-state index contributed by atoms with van der Waals surface area (Å²) < 4.78 is 25.9. The predicted molar refractivity (Wildman–Crippen MR) is 81.8 cm³/mol. The molecule has 0 saturated heterocycles. The van der Waals surface area contributed by atoms with Gasteiger partial charge in [-0.2, -0.15) is 0 Å². The third kappa shape index (κ3) is 4.71. The zero-order chi connectivity index (χ0) is 14.4. The molecule has 0 bridgehead atoms. The van der Waals surface area contributed by atoms with E-state index in [1.54, 1.807) is 0 Å². The number of anilines is 1. The first-order chi connectivity index (χ1) is 9.65. The molecule has 110 valence electrons. The van der Waals surface area contributed by atoms with Crippen LogP contribution in [-0.4, -0.2) is 11.2 Å². The van der Waals surface area contributed by atoms with Gasteiger partial charge in [-0.25, -0.2) is 8.78 Å². The van der Waals surface area contributed by atoms with Crippen molar-refractivity contribution in [3.05, 3.63) is 29.8 Å². The molecule has 2 nitrogen and oxygen atoms in total. The minimum Gasteiger partial charge on any atom is -0.360 e. The van der Waals surface area contributed by atoms with E-state index in [0.717, 1.165) is 25.0 Å². The first kappa shape index (κ1) is 15.2. The Balaban J connectivity index is 1.85. The Kier molecular flexibility index (Phi) is 5.71. The van der Waals surface area contributed by atoms with Crippen LogP contribution >= 0.6 is 12.2 Å². The molecule has 20 heavy (non-hydrogen) atoms.